The van der Waals surface area contributed by atoms with E-state index in [0.29, 0.717) is 0 Å². The van der Waals surface area contributed by atoms with Crippen LogP contribution in [0.5, 0.6) is 0 Å². The van der Waals surface area contributed by atoms with Crippen molar-refractivity contribution in [3.63, 3.8) is 0 Å². The van der Waals surface area contributed by atoms with E-state index in [-0.39, 0.29) is 11.3 Å². The van der Waals surface area contributed by atoms with Crippen molar-refractivity contribution >= 4 is 5.69 Å². The number of hydrogen-bond acceptors (Lipinski definition) is 5. The molecule has 6 nitrogen and oxygen atoms in total. The molecule has 0 aromatic rings. The third-order valence-electron chi connectivity index (χ3n) is 1.59. The molecule has 2 aliphatic heterocycles. The zero-order chi connectivity index (χ0) is 9.42. The first kappa shape index (κ1) is 7.53. The molecule has 0 fully saturated rings. The predicted octanol–water partition coefficient (Wildman–Crippen LogP) is 1.25. The molecule has 0 aromatic carbocycles. The lowest BCUT2D eigenvalue weighted by Gasteiger charge is -1.90. The van der Waals surface area contributed by atoms with E-state index < -0.39 is 16.2 Å². The van der Waals surface area contributed by atoms with Crippen molar-refractivity contribution in [3.8, 4) is 11.3 Å². The minimum Gasteiger partial charge on any atom is -0.469 e. The lowest BCUT2D eigenvalue weighted by molar-refractivity contribution is -0.385. The van der Waals surface area contributed by atoms with Gasteiger partial charge in [0.15, 0.2) is 5.76 Å². The topological polar surface area (TPSA) is 86.5 Å². The molecule has 2 aliphatic rings. The molecule has 0 N–H and O–H groups in total. The fourth-order valence-electron chi connectivity index (χ4n) is 1.06. The van der Waals surface area contributed by atoms with Crippen LogP contribution in [0.15, 0.2) is 32.2 Å². The molecular weight excluding hydrogens is 178 g/mol. The molecular formula is C7H3NO5. The van der Waals surface area contributed by atoms with Gasteiger partial charge in [-0.15, -0.1) is 0 Å². The summed E-state index contributed by atoms with van der Waals surface area (Å²) in [7, 11) is 0. The van der Waals surface area contributed by atoms with Crippen LogP contribution in [-0.2, 0) is 0 Å². The molecule has 6 heteroatoms. The second-order valence-corrected chi connectivity index (χ2v) is 2.33. The van der Waals surface area contributed by atoms with Gasteiger partial charge in [-0.2, -0.15) is 0 Å². The van der Waals surface area contributed by atoms with Crippen molar-refractivity contribution in [2.75, 3.05) is 0 Å². The third-order valence-corrected chi connectivity index (χ3v) is 1.59. The van der Waals surface area contributed by atoms with Crippen LogP contribution in [0.25, 0.3) is 11.3 Å². The van der Waals surface area contributed by atoms with Crippen molar-refractivity contribution in [1.29, 1.82) is 0 Å². The minimum atomic E-state index is -0.957. The Morgan fingerprint density at radius 3 is 2.92 bits per heavy atom. The summed E-state index contributed by atoms with van der Waals surface area (Å²) in [5.41, 5.74) is -1.35. The first-order valence-electron chi connectivity index (χ1n) is 3.33. The van der Waals surface area contributed by atoms with Crippen molar-refractivity contribution in [2.45, 2.75) is 0 Å². The van der Waals surface area contributed by atoms with Crippen LogP contribution in [0.1, 0.15) is 0 Å². The van der Waals surface area contributed by atoms with E-state index in [1.54, 1.807) is 0 Å². The molecule has 66 valence electrons. The SMILES string of the molecule is O=c1oc2coccc-2c1[N+](=O)[O-]. The molecule has 0 unspecified atom stereocenters. The summed E-state index contributed by atoms with van der Waals surface area (Å²) in [6.07, 6.45) is 2.38. The molecule has 2 rings (SSSR count). The fraction of sp³-hybridized carbons (Fsp3) is 0. The lowest BCUT2D eigenvalue weighted by atomic mass is 10.2. The highest BCUT2D eigenvalue weighted by Crippen LogP contribution is 2.28. The summed E-state index contributed by atoms with van der Waals surface area (Å²) in [5.74, 6) is 0.0826. The van der Waals surface area contributed by atoms with Crippen LogP contribution in [-0.4, -0.2) is 4.92 Å². The summed E-state index contributed by atoms with van der Waals surface area (Å²) in [6.45, 7) is 0. The Labute approximate surface area is 70.9 Å². The molecule has 0 atom stereocenters. The summed E-state index contributed by atoms with van der Waals surface area (Å²) < 4.78 is 9.25. The van der Waals surface area contributed by atoms with Crippen molar-refractivity contribution in [1.82, 2.24) is 0 Å². The van der Waals surface area contributed by atoms with Gasteiger partial charge < -0.3 is 8.83 Å². The van der Waals surface area contributed by atoms with Gasteiger partial charge in [0, 0.05) is 0 Å². The number of rotatable bonds is 1. The minimum absolute atomic E-state index is 0.0826. The molecule has 0 amide bonds. The first-order valence-corrected chi connectivity index (χ1v) is 3.33. The second-order valence-electron chi connectivity index (χ2n) is 2.33. The van der Waals surface area contributed by atoms with Crippen LogP contribution in [0.2, 0.25) is 0 Å². The van der Waals surface area contributed by atoms with Crippen LogP contribution in [0.4, 0.5) is 5.69 Å². The monoisotopic (exact) mass is 181 g/mol. The molecule has 0 saturated heterocycles. The van der Waals surface area contributed by atoms with Crippen LogP contribution < -0.4 is 5.63 Å². The Bertz CT molecular complexity index is 482. The zero-order valence-electron chi connectivity index (χ0n) is 6.22. The van der Waals surface area contributed by atoms with Gasteiger partial charge in [0.1, 0.15) is 11.8 Å². The van der Waals surface area contributed by atoms with E-state index >= 15 is 0 Å². The summed E-state index contributed by atoms with van der Waals surface area (Å²) in [6, 6.07) is 1.32. The Hall–Kier alpha value is -2.11. The standard InChI is InChI=1S/C7H3NO5/c9-7-6(8(10)11)4-1-2-12-3-5(4)13-7/h1-3H. The Morgan fingerprint density at radius 2 is 2.23 bits per heavy atom. The van der Waals surface area contributed by atoms with Crippen molar-refractivity contribution < 1.29 is 13.8 Å². The van der Waals surface area contributed by atoms with Crippen LogP contribution in [0.3, 0.4) is 0 Å². The predicted molar refractivity (Wildman–Crippen MR) is 40.5 cm³/mol. The van der Waals surface area contributed by atoms with Gasteiger partial charge >= 0.3 is 11.3 Å². The average Bonchev–Trinajstić information content (AvgIpc) is 2.39. The van der Waals surface area contributed by atoms with E-state index in [4.69, 9.17) is 0 Å². The lowest BCUT2D eigenvalue weighted by Crippen LogP contribution is -2.00. The quantitative estimate of drug-likeness (QED) is 0.488. The summed E-state index contributed by atoms with van der Waals surface area (Å²) in [5, 5.41) is 10.4. The Morgan fingerprint density at radius 1 is 1.46 bits per heavy atom. The van der Waals surface area contributed by atoms with E-state index in [9.17, 15) is 14.9 Å². The van der Waals surface area contributed by atoms with Crippen molar-refractivity contribution in [2.24, 2.45) is 0 Å². The van der Waals surface area contributed by atoms with E-state index in [1.165, 1.54) is 12.3 Å². The largest absolute Gasteiger partial charge is 0.469 e. The van der Waals surface area contributed by atoms with Gasteiger partial charge in [-0.3, -0.25) is 10.1 Å². The number of nitrogens with zero attached hydrogens (tertiary/aromatic N) is 1. The highest BCUT2D eigenvalue weighted by molar-refractivity contribution is 5.68. The van der Waals surface area contributed by atoms with Crippen LogP contribution >= 0.6 is 0 Å². The van der Waals surface area contributed by atoms with Gasteiger partial charge in [-0.05, 0) is 6.07 Å². The maximum Gasteiger partial charge on any atom is 0.416 e. The van der Waals surface area contributed by atoms with Gasteiger partial charge in [-0.1, -0.05) is 0 Å². The fourth-order valence-corrected chi connectivity index (χ4v) is 1.06. The normalized spacial score (nSPS) is 10.5. The third kappa shape index (κ3) is 0.994. The smallest absolute Gasteiger partial charge is 0.416 e. The number of nitro groups is 1. The maximum atomic E-state index is 10.9. The highest BCUT2D eigenvalue weighted by Gasteiger charge is 2.27. The van der Waals surface area contributed by atoms with Gasteiger partial charge in [0.2, 0.25) is 0 Å². The number of hydrogen-bond donors (Lipinski definition) is 0. The Balaban J connectivity index is 2.84. The summed E-state index contributed by atoms with van der Waals surface area (Å²) >= 11 is 0. The van der Waals surface area contributed by atoms with Gasteiger partial charge in [-0.25, -0.2) is 4.79 Å². The van der Waals surface area contributed by atoms with E-state index in [0.717, 1.165) is 6.26 Å². The second kappa shape index (κ2) is 2.44. The number of furan rings is 1. The van der Waals surface area contributed by atoms with Gasteiger partial charge in [0.05, 0.1) is 11.2 Å². The molecule has 13 heavy (non-hydrogen) atoms. The van der Waals surface area contributed by atoms with Crippen LogP contribution in [0, 0.1) is 10.1 Å². The molecule has 0 aromatic heterocycles. The van der Waals surface area contributed by atoms with E-state index in [1.807, 2.05) is 0 Å². The number of fused-ring (bicyclic) bond motifs is 1. The highest BCUT2D eigenvalue weighted by atomic mass is 16.6. The Kier molecular flexibility index (Phi) is 1.42. The van der Waals surface area contributed by atoms with E-state index in [2.05, 4.69) is 8.83 Å². The average molecular weight is 181 g/mol. The molecule has 0 aliphatic carbocycles. The molecule has 2 heterocycles. The molecule has 0 bridgehead atoms. The molecule has 0 saturated carbocycles. The molecule has 0 spiro atoms. The first-order chi connectivity index (χ1) is 6.20. The zero-order valence-corrected chi connectivity index (χ0v) is 6.22. The van der Waals surface area contributed by atoms with Crippen molar-refractivity contribution in [3.05, 3.63) is 39.1 Å². The summed E-state index contributed by atoms with van der Waals surface area (Å²) in [4.78, 5) is 20.6. The van der Waals surface area contributed by atoms with Gasteiger partial charge in [0.25, 0.3) is 0 Å². The maximum absolute atomic E-state index is 10.9. The molecule has 0 radical (unpaired) electrons.